The first-order valence-electron chi connectivity index (χ1n) is 10.0. The van der Waals surface area contributed by atoms with Crippen LogP contribution in [0.5, 0.6) is 0 Å². The summed E-state index contributed by atoms with van der Waals surface area (Å²) in [4.78, 5) is 17.2. The van der Waals surface area contributed by atoms with Crippen molar-refractivity contribution in [3.63, 3.8) is 0 Å². The number of hydrogen-bond acceptors (Lipinski definition) is 3. The molecular formula is C25H21N5O. The van der Waals surface area contributed by atoms with E-state index in [1.165, 1.54) is 0 Å². The summed E-state index contributed by atoms with van der Waals surface area (Å²) < 4.78 is 3.71. The van der Waals surface area contributed by atoms with Gasteiger partial charge in [0.05, 0.1) is 6.20 Å². The summed E-state index contributed by atoms with van der Waals surface area (Å²) in [6, 6.07) is 19.7. The minimum absolute atomic E-state index is 0.204. The molecule has 0 aliphatic carbocycles. The van der Waals surface area contributed by atoms with E-state index in [9.17, 15) is 4.79 Å². The third-order valence-electron chi connectivity index (χ3n) is 5.37. The molecule has 5 aromatic rings. The summed E-state index contributed by atoms with van der Waals surface area (Å²) in [6.45, 7) is 4.02. The number of pyridine rings is 2. The first kappa shape index (κ1) is 18.8. The smallest absolute Gasteiger partial charge is 0.274 e. The Hall–Kier alpha value is -4.19. The summed E-state index contributed by atoms with van der Waals surface area (Å²) in [5, 5.41) is 7.45. The fourth-order valence-electron chi connectivity index (χ4n) is 3.77. The van der Waals surface area contributed by atoms with Gasteiger partial charge in [0, 0.05) is 29.8 Å². The molecule has 0 aliphatic heterocycles. The second-order valence-corrected chi connectivity index (χ2v) is 7.54. The average molecular weight is 407 g/mol. The van der Waals surface area contributed by atoms with Crippen molar-refractivity contribution in [3.05, 3.63) is 102 Å². The Morgan fingerprint density at radius 2 is 1.68 bits per heavy atom. The van der Waals surface area contributed by atoms with E-state index in [1.54, 1.807) is 29.3 Å². The maximum Gasteiger partial charge on any atom is 0.274 e. The van der Waals surface area contributed by atoms with Crippen LogP contribution in [0, 0.1) is 13.8 Å². The van der Waals surface area contributed by atoms with Crippen LogP contribution in [0.2, 0.25) is 0 Å². The number of carbonyl (C=O) groups is 1. The third-order valence-corrected chi connectivity index (χ3v) is 5.37. The van der Waals surface area contributed by atoms with E-state index in [1.807, 2.05) is 66.9 Å². The molecule has 0 saturated heterocycles. The normalized spacial score (nSPS) is 11.0. The second kappa shape index (κ2) is 7.57. The number of nitrogens with one attached hydrogen (secondary N) is 1. The molecule has 0 fully saturated rings. The Bertz CT molecular complexity index is 1400. The molecule has 0 saturated carbocycles. The van der Waals surface area contributed by atoms with Crippen LogP contribution in [0.3, 0.4) is 0 Å². The van der Waals surface area contributed by atoms with Crippen LogP contribution < -0.4 is 5.32 Å². The molecule has 4 aromatic heterocycles. The lowest BCUT2D eigenvalue weighted by molar-refractivity contribution is 0.101. The molecule has 152 valence electrons. The molecule has 0 spiro atoms. The molecule has 1 N–H and O–H groups in total. The monoisotopic (exact) mass is 407 g/mol. The maximum atomic E-state index is 13.1. The lowest BCUT2D eigenvalue weighted by Gasteiger charge is -2.11. The summed E-state index contributed by atoms with van der Waals surface area (Å²) in [6.07, 6.45) is 7.24. The summed E-state index contributed by atoms with van der Waals surface area (Å²) in [7, 11) is 0. The first-order chi connectivity index (χ1) is 15.1. The van der Waals surface area contributed by atoms with Crippen LogP contribution in [0.1, 0.15) is 21.6 Å². The lowest BCUT2D eigenvalue weighted by atomic mass is 10.1. The minimum Gasteiger partial charge on any atom is -0.320 e. The summed E-state index contributed by atoms with van der Waals surface area (Å²) in [5.41, 5.74) is 6.59. The number of aromatic nitrogens is 4. The van der Waals surface area contributed by atoms with Crippen LogP contribution >= 0.6 is 0 Å². The van der Waals surface area contributed by atoms with Gasteiger partial charge in [0.2, 0.25) is 0 Å². The van der Waals surface area contributed by atoms with Crippen LogP contribution in [0.25, 0.3) is 22.5 Å². The number of hydrogen-bond donors (Lipinski definition) is 1. The van der Waals surface area contributed by atoms with Crippen molar-refractivity contribution in [2.45, 2.75) is 13.8 Å². The highest BCUT2D eigenvalue weighted by Crippen LogP contribution is 2.24. The number of anilines is 1. The Morgan fingerprint density at radius 1 is 0.871 bits per heavy atom. The van der Waals surface area contributed by atoms with Gasteiger partial charge in [-0.1, -0.05) is 23.8 Å². The Labute approximate surface area is 179 Å². The van der Waals surface area contributed by atoms with Gasteiger partial charge in [-0.05, 0) is 73.0 Å². The molecule has 0 unspecified atom stereocenters. The second-order valence-electron chi connectivity index (χ2n) is 7.54. The molecule has 0 radical (unpaired) electrons. The molecule has 6 heteroatoms. The Morgan fingerprint density at radius 3 is 2.48 bits per heavy atom. The standard InChI is InChI=1S/C25H21N5O/c1-17-3-7-22(18(2)15-17)28-25(31)23-11-14-27-30(23)24-8-6-21-5-4-20(16-29(21)24)19-9-12-26-13-10-19/h3-16H,1-2H3,(H,28,31). The zero-order valence-electron chi connectivity index (χ0n) is 17.3. The number of amides is 1. The molecule has 0 atom stereocenters. The molecule has 0 aliphatic rings. The van der Waals surface area contributed by atoms with Crippen molar-refractivity contribution in [1.82, 2.24) is 19.2 Å². The van der Waals surface area contributed by atoms with E-state index in [-0.39, 0.29) is 5.91 Å². The number of fused-ring (bicyclic) bond motifs is 1. The fraction of sp³-hybridized carbons (Fsp3) is 0.0800. The van der Waals surface area contributed by atoms with Gasteiger partial charge in [0.25, 0.3) is 5.91 Å². The van der Waals surface area contributed by atoms with Gasteiger partial charge in [-0.15, -0.1) is 0 Å². The predicted octanol–water partition coefficient (Wildman–Crippen LogP) is 5.06. The third kappa shape index (κ3) is 3.48. The summed E-state index contributed by atoms with van der Waals surface area (Å²) >= 11 is 0. The molecule has 6 nitrogen and oxygen atoms in total. The molecular weight excluding hydrogens is 386 g/mol. The molecule has 1 amide bonds. The van der Waals surface area contributed by atoms with Gasteiger partial charge in [-0.25, -0.2) is 4.68 Å². The van der Waals surface area contributed by atoms with Gasteiger partial charge in [0.15, 0.2) is 0 Å². The highest BCUT2D eigenvalue weighted by atomic mass is 16.2. The van der Waals surface area contributed by atoms with Crippen LogP contribution in [0.15, 0.2) is 85.5 Å². The van der Waals surface area contributed by atoms with E-state index < -0.39 is 0 Å². The van der Waals surface area contributed by atoms with Crippen molar-refractivity contribution in [1.29, 1.82) is 0 Å². The number of benzene rings is 1. The maximum absolute atomic E-state index is 13.1. The van der Waals surface area contributed by atoms with Crippen molar-refractivity contribution in [2.75, 3.05) is 5.32 Å². The van der Waals surface area contributed by atoms with E-state index in [0.717, 1.165) is 39.3 Å². The van der Waals surface area contributed by atoms with Gasteiger partial charge in [0.1, 0.15) is 11.5 Å². The van der Waals surface area contributed by atoms with Crippen LogP contribution in [-0.4, -0.2) is 25.1 Å². The number of aryl methyl sites for hydroxylation is 2. The van der Waals surface area contributed by atoms with Crippen molar-refractivity contribution < 1.29 is 4.79 Å². The summed E-state index contributed by atoms with van der Waals surface area (Å²) in [5.74, 6) is 0.589. The molecule has 4 heterocycles. The van der Waals surface area contributed by atoms with Gasteiger partial charge >= 0.3 is 0 Å². The number of carbonyl (C=O) groups excluding carboxylic acids is 1. The van der Waals surface area contributed by atoms with E-state index >= 15 is 0 Å². The SMILES string of the molecule is Cc1ccc(NC(=O)c2ccnn2-c2ccc3ccc(-c4ccncc4)cn23)c(C)c1. The fourth-order valence-corrected chi connectivity index (χ4v) is 3.77. The molecule has 1 aromatic carbocycles. The van der Waals surface area contributed by atoms with E-state index in [4.69, 9.17) is 0 Å². The minimum atomic E-state index is -0.204. The van der Waals surface area contributed by atoms with Crippen molar-refractivity contribution >= 4 is 17.1 Å². The topological polar surface area (TPSA) is 64.2 Å². The Kier molecular flexibility index (Phi) is 4.59. The highest BCUT2D eigenvalue weighted by molar-refractivity contribution is 6.03. The largest absolute Gasteiger partial charge is 0.320 e. The highest BCUT2D eigenvalue weighted by Gasteiger charge is 2.17. The van der Waals surface area contributed by atoms with Gasteiger partial charge < -0.3 is 9.72 Å². The molecule has 0 bridgehead atoms. The Balaban J connectivity index is 1.53. The average Bonchev–Trinajstić information content (AvgIpc) is 3.42. The number of rotatable bonds is 4. The van der Waals surface area contributed by atoms with Crippen molar-refractivity contribution in [2.24, 2.45) is 0 Å². The van der Waals surface area contributed by atoms with E-state index in [2.05, 4.69) is 27.5 Å². The van der Waals surface area contributed by atoms with E-state index in [0.29, 0.717) is 5.69 Å². The number of nitrogens with zero attached hydrogens (tertiary/aromatic N) is 4. The van der Waals surface area contributed by atoms with Crippen molar-refractivity contribution in [3.8, 4) is 16.9 Å². The van der Waals surface area contributed by atoms with Crippen LogP contribution in [0.4, 0.5) is 5.69 Å². The van der Waals surface area contributed by atoms with Gasteiger partial charge in [-0.3, -0.25) is 9.78 Å². The zero-order chi connectivity index (χ0) is 21.4. The predicted molar refractivity (Wildman–Crippen MR) is 122 cm³/mol. The lowest BCUT2D eigenvalue weighted by Crippen LogP contribution is -2.18. The van der Waals surface area contributed by atoms with Gasteiger partial charge in [-0.2, -0.15) is 5.10 Å². The zero-order valence-corrected chi connectivity index (χ0v) is 17.3. The van der Waals surface area contributed by atoms with Crippen LogP contribution in [-0.2, 0) is 0 Å². The quantitative estimate of drug-likeness (QED) is 0.453. The molecule has 31 heavy (non-hydrogen) atoms. The first-order valence-corrected chi connectivity index (χ1v) is 10.0. The molecule has 5 rings (SSSR count).